The number of carboxylic acid groups (broad SMARTS) is 1. The van der Waals surface area contributed by atoms with E-state index in [1.165, 1.54) is 4.90 Å². The molecule has 0 saturated carbocycles. The van der Waals surface area contributed by atoms with Crippen molar-refractivity contribution in [1.29, 1.82) is 0 Å². The molecule has 3 aromatic heterocycles. The van der Waals surface area contributed by atoms with E-state index in [9.17, 15) is 4.79 Å². The van der Waals surface area contributed by atoms with Gasteiger partial charge >= 0.3 is 6.09 Å². The van der Waals surface area contributed by atoms with E-state index < -0.39 is 6.09 Å². The molecule has 10 nitrogen and oxygen atoms in total. The second-order valence-corrected chi connectivity index (χ2v) is 7.20. The molecule has 0 aliphatic carbocycles. The number of amides is 1. The van der Waals surface area contributed by atoms with Gasteiger partial charge in [-0.1, -0.05) is 30.3 Å². The van der Waals surface area contributed by atoms with Gasteiger partial charge in [-0.25, -0.2) is 14.8 Å². The summed E-state index contributed by atoms with van der Waals surface area (Å²) in [6.45, 7) is 1.53. The first-order valence-electron chi connectivity index (χ1n) is 9.47. The molecular weight excluding hydrogens is 386 g/mol. The molecule has 1 saturated heterocycles. The van der Waals surface area contributed by atoms with Crippen LogP contribution < -0.4 is 9.64 Å². The minimum absolute atomic E-state index is 0.0790. The van der Waals surface area contributed by atoms with Crippen LogP contribution >= 0.6 is 0 Å². The molecular formula is C20H19N7O3. The van der Waals surface area contributed by atoms with Crippen molar-refractivity contribution >= 4 is 28.7 Å². The van der Waals surface area contributed by atoms with Gasteiger partial charge in [-0.2, -0.15) is 0 Å². The van der Waals surface area contributed by atoms with Gasteiger partial charge in [-0.15, -0.1) is 10.2 Å². The maximum Gasteiger partial charge on any atom is 0.407 e. The van der Waals surface area contributed by atoms with Crippen LogP contribution in [0.1, 0.15) is 5.56 Å². The molecule has 10 heteroatoms. The molecule has 0 bridgehead atoms. The lowest BCUT2D eigenvalue weighted by Gasteiger charge is -2.43. The van der Waals surface area contributed by atoms with Crippen molar-refractivity contribution in [2.45, 2.75) is 12.6 Å². The summed E-state index contributed by atoms with van der Waals surface area (Å²) >= 11 is 0. The molecule has 4 heterocycles. The van der Waals surface area contributed by atoms with Crippen LogP contribution in [0, 0.1) is 0 Å². The Hall–Kier alpha value is -3.95. The Morgan fingerprint density at radius 3 is 2.87 bits per heavy atom. The highest BCUT2D eigenvalue weighted by Crippen LogP contribution is 2.28. The molecule has 1 aliphatic rings. The van der Waals surface area contributed by atoms with Crippen molar-refractivity contribution in [2.75, 3.05) is 25.0 Å². The van der Waals surface area contributed by atoms with Crippen molar-refractivity contribution in [3.8, 4) is 5.75 Å². The van der Waals surface area contributed by atoms with Gasteiger partial charge in [0.1, 0.15) is 18.7 Å². The zero-order valence-corrected chi connectivity index (χ0v) is 16.2. The average Bonchev–Trinajstić information content (AvgIpc) is 3.22. The van der Waals surface area contributed by atoms with E-state index in [2.05, 4.69) is 20.2 Å². The fraction of sp³-hybridized carbons (Fsp3) is 0.250. The van der Waals surface area contributed by atoms with Crippen LogP contribution in [-0.2, 0) is 6.61 Å². The molecule has 0 spiro atoms. The van der Waals surface area contributed by atoms with Crippen molar-refractivity contribution in [1.82, 2.24) is 29.5 Å². The summed E-state index contributed by atoms with van der Waals surface area (Å²) in [5, 5.41) is 17.4. The number of benzene rings is 1. The predicted octanol–water partition coefficient (Wildman–Crippen LogP) is 2.05. The van der Waals surface area contributed by atoms with E-state index in [4.69, 9.17) is 9.84 Å². The number of nitrogens with zero attached hydrogens (tertiary/aromatic N) is 7. The van der Waals surface area contributed by atoms with Gasteiger partial charge < -0.3 is 19.6 Å². The third kappa shape index (κ3) is 3.11. The number of ether oxygens (including phenoxy) is 1. The smallest absolute Gasteiger partial charge is 0.407 e. The quantitative estimate of drug-likeness (QED) is 0.537. The summed E-state index contributed by atoms with van der Waals surface area (Å²) in [6, 6.07) is 11.7. The molecule has 152 valence electrons. The highest BCUT2D eigenvalue weighted by atomic mass is 16.5. The summed E-state index contributed by atoms with van der Waals surface area (Å²) < 4.78 is 7.71. The largest absolute Gasteiger partial charge is 0.487 e. The normalized spacial score (nSPS) is 14.1. The number of anilines is 1. The third-order valence-corrected chi connectivity index (χ3v) is 5.30. The molecule has 0 atom stereocenters. The van der Waals surface area contributed by atoms with Crippen molar-refractivity contribution in [2.24, 2.45) is 0 Å². The lowest BCUT2D eigenvalue weighted by Crippen LogP contribution is -2.60. The molecule has 1 aliphatic heterocycles. The van der Waals surface area contributed by atoms with Crippen LogP contribution in [0.25, 0.3) is 16.8 Å². The topological polar surface area (TPSA) is 109 Å². The van der Waals surface area contributed by atoms with Crippen molar-refractivity contribution < 1.29 is 14.6 Å². The van der Waals surface area contributed by atoms with Crippen LogP contribution in [0.15, 0.2) is 48.9 Å². The Labute approximate surface area is 171 Å². The van der Waals surface area contributed by atoms with Gasteiger partial charge in [-0.05, 0) is 5.56 Å². The Kier molecular flexibility index (Phi) is 4.31. The molecule has 5 rings (SSSR count). The second kappa shape index (κ2) is 7.14. The Balaban J connectivity index is 1.43. The Bertz CT molecular complexity index is 1220. The minimum Gasteiger partial charge on any atom is -0.487 e. The number of likely N-dealkylation sites (N-methyl/N-ethyl adjacent to an activating group) is 1. The Morgan fingerprint density at radius 2 is 2.10 bits per heavy atom. The highest BCUT2D eigenvalue weighted by molar-refractivity contribution is 5.81. The third-order valence-electron chi connectivity index (χ3n) is 5.30. The second-order valence-electron chi connectivity index (χ2n) is 7.20. The van der Waals surface area contributed by atoms with Gasteiger partial charge in [0.15, 0.2) is 11.5 Å². The van der Waals surface area contributed by atoms with E-state index >= 15 is 0 Å². The number of aromatic nitrogens is 5. The van der Waals surface area contributed by atoms with E-state index in [-0.39, 0.29) is 6.04 Å². The van der Waals surface area contributed by atoms with E-state index in [1.54, 1.807) is 19.6 Å². The summed E-state index contributed by atoms with van der Waals surface area (Å²) in [4.78, 5) is 23.6. The van der Waals surface area contributed by atoms with Crippen molar-refractivity contribution in [3.63, 3.8) is 0 Å². The fourth-order valence-electron chi connectivity index (χ4n) is 3.47. The molecule has 1 amide bonds. The molecule has 4 aromatic rings. The van der Waals surface area contributed by atoms with Gasteiger partial charge in [-0.3, -0.25) is 4.40 Å². The molecule has 0 radical (unpaired) electrons. The lowest BCUT2D eigenvalue weighted by atomic mass is 10.1. The summed E-state index contributed by atoms with van der Waals surface area (Å²) in [6.07, 6.45) is 2.32. The Morgan fingerprint density at radius 1 is 1.30 bits per heavy atom. The first-order valence-corrected chi connectivity index (χ1v) is 9.47. The summed E-state index contributed by atoms with van der Waals surface area (Å²) in [7, 11) is 1.57. The van der Waals surface area contributed by atoms with Gasteiger partial charge in [0, 0.05) is 26.2 Å². The average molecular weight is 405 g/mol. The predicted molar refractivity (Wildman–Crippen MR) is 109 cm³/mol. The lowest BCUT2D eigenvalue weighted by molar-refractivity contribution is 0.130. The number of pyridine rings is 1. The molecule has 1 aromatic carbocycles. The molecule has 1 fully saturated rings. The summed E-state index contributed by atoms with van der Waals surface area (Å²) in [5.74, 6) is 1.27. The molecule has 1 N–H and O–H groups in total. The first-order chi connectivity index (χ1) is 14.6. The number of hydrogen-bond acceptors (Lipinski definition) is 7. The number of carbonyl (C=O) groups is 1. The van der Waals surface area contributed by atoms with Crippen molar-refractivity contribution in [3.05, 3.63) is 54.5 Å². The van der Waals surface area contributed by atoms with Crippen LogP contribution in [0.5, 0.6) is 5.75 Å². The van der Waals surface area contributed by atoms with E-state index in [0.717, 1.165) is 11.1 Å². The fourth-order valence-corrected chi connectivity index (χ4v) is 3.47. The standard InChI is InChI=1S/C20H19N7O3/c1-25(20(28)29)14-9-26(10-14)18-19-24-22-12-27(19)16-7-15(8-21-17(16)23-18)30-11-13-5-3-2-4-6-13/h2-8,12,14H,9-11H2,1H3,(H,28,29). The van der Waals surface area contributed by atoms with Crippen LogP contribution in [0.4, 0.5) is 10.6 Å². The monoisotopic (exact) mass is 405 g/mol. The maximum atomic E-state index is 11.1. The van der Waals surface area contributed by atoms with Crippen LogP contribution in [0.2, 0.25) is 0 Å². The first kappa shape index (κ1) is 18.1. The van der Waals surface area contributed by atoms with Gasteiger partial charge in [0.2, 0.25) is 5.65 Å². The number of hydrogen-bond donors (Lipinski definition) is 1. The van der Waals surface area contributed by atoms with Crippen LogP contribution in [0.3, 0.4) is 0 Å². The minimum atomic E-state index is -0.941. The van der Waals surface area contributed by atoms with E-state index in [0.29, 0.717) is 42.6 Å². The number of rotatable bonds is 5. The zero-order valence-electron chi connectivity index (χ0n) is 16.2. The number of fused-ring (bicyclic) bond motifs is 3. The SMILES string of the molecule is CN(C(=O)O)C1CN(c2nc3ncc(OCc4ccccc4)cc3n3cnnc23)C1. The van der Waals surface area contributed by atoms with Gasteiger partial charge in [0.05, 0.1) is 17.8 Å². The zero-order chi connectivity index (χ0) is 20.7. The maximum absolute atomic E-state index is 11.1. The highest BCUT2D eigenvalue weighted by Gasteiger charge is 2.35. The van der Waals surface area contributed by atoms with E-state index in [1.807, 2.05) is 45.7 Å². The van der Waals surface area contributed by atoms with Crippen LogP contribution in [-0.4, -0.2) is 66.8 Å². The molecule has 30 heavy (non-hydrogen) atoms. The van der Waals surface area contributed by atoms with Gasteiger partial charge in [0.25, 0.3) is 0 Å². The summed E-state index contributed by atoms with van der Waals surface area (Å²) in [5.41, 5.74) is 2.95. The molecule has 0 unspecified atom stereocenters.